The van der Waals surface area contributed by atoms with Gasteiger partial charge in [0, 0.05) is 27.5 Å². The van der Waals surface area contributed by atoms with E-state index in [-0.39, 0.29) is 11.7 Å². The first-order valence-corrected chi connectivity index (χ1v) is 9.75. The molecule has 4 nitrogen and oxygen atoms in total. The van der Waals surface area contributed by atoms with Gasteiger partial charge in [-0.15, -0.1) is 0 Å². The number of nitrogens with zero attached hydrogens (tertiary/aromatic N) is 1. The van der Waals surface area contributed by atoms with Crippen molar-refractivity contribution in [2.45, 2.75) is 19.8 Å². The predicted octanol–water partition coefficient (Wildman–Crippen LogP) is 5.74. The molecule has 126 valence electrons. The van der Waals surface area contributed by atoms with Gasteiger partial charge in [-0.05, 0) is 81.9 Å². The molecule has 7 heteroatoms. The molecule has 2 aromatic carbocycles. The number of carbonyl (C=O) groups is 1. The van der Waals surface area contributed by atoms with Gasteiger partial charge in [0.15, 0.2) is 0 Å². The van der Waals surface area contributed by atoms with Crippen LogP contribution in [0.15, 0.2) is 35.3 Å². The first-order valence-electron chi connectivity index (χ1n) is 7.22. The molecular formula is C17H15ClI2N2O2. The van der Waals surface area contributed by atoms with Crippen molar-refractivity contribution in [3.8, 4) is 5.75 Å². The summed E-state index contributed by atoms with van der Waals surface area (Å²) in [5.41, 5.74) is 1.79. The summed E-state index contributed by atoms with van der Waals surface area (Å²) in [6, 6.07) is 8.85. The minimum absolute atomic E-state index is 0.0421. The molecule has 24 heavy (non-hydrogen) atoms. The molecule has 2 N–H and O–H groups in total. The number of amides is 1. The molecule has 0 atom stereocenters. The second-order valence-corrected chi connectivity index (χ2v) is 7.86. The number of hydrogen-bond donors (Lipinski definition) is 2. The van der Waals surface area contributed by atoms with E-state index in [4.69, 9.17) is 11.6 Å². The zero-order valence-electron chi connectivity index (χ0n) is 12.8. The van der Waals surface area contributed by atoms with Crippen LogP contribution in [0.4, 0.5) is 11.4 Å². The third-order valence-corrected chi connectivity index (χ3v) is 4.87. The lowest BCUT2D eigenvalue weighted by Crippen LogP contribution is -2.10. The van der Waals surface area contributed by atoms with Gasteiger partial charge in [0.25, 0.3) is 0 Å². The van der Waals surface area contributed by atoms with E-state index in [9.17, 15) is 9.90 Å². The minimum atomic E-state index is -0.0421. The van der Waals surface area contributed by atoms with E-state index in [0.29, 0.717) is 28.4 Å². The summed E-state index contributed by atoms with van der Waals surface area (Å²) in [6.07, 6.45) is 2.82. The Balaban J connectivity index is 2.27. The number of nitrogens with one attached hydrogen (secondary N) is 1. The Morgan fingerprint density at radius 2 is 2.08 bits per heavy atom. The summed E-state index contributed by atoms with van der Waals surface area (Å²) in [5.74, 6) is 0.142. The maximum absolute atomic E-state index is 11.7. The number of rotatable bonds is 5. The molecular weight excluding hydrogens is 553 g/mol. The van der Waals surface area contributed by atoms with E-state index in [2.05, 4.69) is 55.5 Å². The van der Waals surface area contributed by atoms with Gasteiger partial charge in [-0.25, -0.2) is 0 Å². The van der Waals surface area contributed by atoms with Gasteiger partial charge in [0.2, 0.25) is 5.91 Å². The molecule has 1 amide bonds. The van der Waals surface area contributed by atoms with E-state index >= 15 is 0 Å². The molecule has 0 heterocycles. The van der Waals surface area contributed by atoms with Crippen molar-refractivity contribution in [1.82, 2.24) is 0 Å². The Bertz CT molecular complexity index is 794. The first-order chi connectivity index (χ1) is 11.4. The molecule has 0 aromatic heterocycles. The van der Waals surface area contributed by atoms with Crippen LogP contribution in [0, 0.1) is 7.14 Å². The smallest absolute Gasteiger partial charge is 0.224 e. The van der Waals surface area contributed by atoms with Crippen LogP contribution in [0.3, 0.4) is 0 Å². The highest BCUT2D eigenvalue weighted by molar-refractivity contribution is 14.1. The van der Waals surface area contributed by atoms with Crippen LogP contribution in [0.2, 0.25) is 5.02 Å². The molecule has 2 rings (SSSR count). The zero-order chi connectivity index (χ0) is 17.7. The Kier molecular flexibility index (Phi) is 7.30. The van der Waals surface area contributed by atoms with Gasteiger partial charge < -0.3 is 10.4 Å². The SMILES string of the molecule is CCCC(=O)Nc1ccc(Cl)c(N=Cc2cc(I)cc(I)c2O)c1. The zero-order valence-corrected chi connectivity index (χ0v) is 17.9. The van der Waals surface area contributed by atoms with E-state index < -0.39 is 0 Å². The van der Waals surface area contributed by atoms with Crippen LogP contribution in [0.5, 0.6) is 5.75 Å². The van der Waals surface area contributed by atoms with Gasteiger partial charge in [-0.1, -0.05) is 18.5 Å². The molecule has 2 aromatic rings. The first kappa shape index (κ1) is 19.5. The van der Waals surface area contributed by atoms with E-state index in [1.807, 2.05) is 19.1 Å². The summed E-state index contributed by atoms with van der Waals surface area (Å²) in [4.78, 5) is 16.0. The van der Waals surface area contributed by atoms with Gasteiger partial charge >= 0.3 is 0 Å². The van der Waals surface area contributed by atoms with E-state index in [1.165, 1.54) is 0 Å². The van der Waals surface area contributed by atoms with Crippen LogP contribution in [0.25, 0.3) is 0 Å². The maximum Gasteiger partial charge on any atom is 0.224 e. The lowest BCUT2D eigenvalue weighted by molar-refractivity contribution is -0.116. The second kappa shape index (κ2) is 9.00. The highest BCUT2D eigenvalue weighted by atomic mass is 127. The van der Waals surface area contributed by atoms with Gasteiger partial charge in [-0.3, -0.25) is 9.79 Å². The number of anilines is 1. The van der Waals surface area contributed by atoms with E-state index in [0.717, 1.165) is 13.6 Å². The van der Waals surface area contributed by atoms with Crippen molar-refractivity contribution >= 4 is 80.3 Å². The number of phenols is 1. The summed E-state index contributed by atoms with van der Waals surface area (Å²) in [5, 5.41) is 13.4. The van der Waals surface area contributed by atoms with Crippen molar-refractivity contribution < 1.29 is 9.90 Å². The molecule has 0 aliphatic carbocycles. The number of aliphatic imine (C=N–C) groups is 1. The molecule has 0 aliphatic heterocycles. The third kappa shape index (κ3) is 5.32. The Morgan fingerprint density at radius 3 is 2.79 bits per heavy atom. The van der Waals surface area contributed by atoms with Crippen LogP contribution < -0.4 is 5.32 Å². The lowest BCUT2D eigenvalue weighted by atomic mass is 10.2. The number of halogens is 3. The number of phenolic OH excluding ortho intramolecular Hbond substituents is 1. The van der Waals surface area contributed by atoms with E-state index in [1.54, 1.807) is 24.4 Å². The van der Waals surface area contributed by atoms with Crippen molar-refractivity contribution in [2.75, 3.05) is 5.32 Å². The average Bonchev–Trinajstić information content (AvgIpc) is 2.52. The lowest BCUT2D eigenvalue weighted by Gasteiger charge is -2.07. The topological polar surface area (TPSA) is 61.7 Å². The molecule has 0 bridgehead atoms. The second-order valence-electron chi connectivity index (χ2n) is 5.05. The molecule has 0 fully saturated rings. The molecule has 0 saturated carbocycles. The number of hydrogen-bond acceptors (Lipinski definition) is 3. The van der Waals surface area contributed by atoms with Crippen molar-refractivity contribution in [2.24, 2.45) is 4.99 Å². The fraction of sp³-hybridized carbons (Fsp3) is 0.176. The normalized spacial score (nSPS) is 11.0. The summed E-state index contributed by atoms with van der Waals surface area (Å²) >= 11 is 10.4. The van der Waals surface area contributed by atoms with Gasteiger partial charge in [0.05, 0.1) is 14.3 Å². The molecule has 0 unspecified atom stereocenters. The Hall–Kier alpha value is -0.870. The summed E-state index contributed by atoms with van der Waals surface area (Å²) < 4.78 is 1.76. The Labute approximate surface area is 173 Å². The fourth-order valence-corrected chi connectivity index (χ4v) is 4.02. The van der Waals surface area contributed by atoms with Crippen LogP contribution >= 0.6 is 56.8 Å². The molecule has 0 saturated heterocycles. The standard InChI is InChI=1S/C17H15ClI2N2O2/c1-2-3-16(23)22-12-4-5-13(18)15(8-12)21-9-10-6-11(19)7-14(20)17(10)24/h4-9,24H,2-3H2,1H3,(H,22,23). The third-order valence-electron chi connectivity index (χ3n) is 3.11. The van der Waals surface area contributed by atoms with Crippen LogP contribution in [-0.2, 0) is 4.79 Å². The molecule has 0 aliphatic rings. The number of carbonyl (C=O) groups excluding carboxylic acids is 1. The highest BCUT2D eigenvalue weighted by Crippen LogP contribution is 2.30. The largest absolute Gasteiger partial charge is 0.506 e. The number of aromatic hydroxyl groups is 1. The predicted molar refractivity (Wildman–Crippen MR) is 116 cm³/mol. The summed E-state index contributed by atoms with van der Waals surface area (Å²) in [6.45, 7) is 1.95. The van der Waals surface area contributed by atoms with Gasteiger partial charge in [-0.2, -0.15) is 0 Å². The Morgan fingerprint density at radius 1 is 1.33 bits per heavy atom. The van der Waals surface area contributed by atoms with Gasteiger partial charge in [0.1, 0.15) is 5.75 Å². The minimum Gasteiger partial charge on any atom is -0.506 e. The van der Waals surface area contributed by atoms with Crippen molar-refractivity contribution in [3.63, 3.8) is 0 Å². The van der Waals surface area contributed by atoms with Crippen LogP contribution in [0.1, 0.15) is 25.3 Å². The fourth-order valence-electron chi connectivity index (χ4n) is 1.96. The molecule has 0 radical (unpaired) electrons. The quantitative estimate of drug-likeness (QED) is 0.357. The maximum atomic E-state index is 11.7. The van der Waals surface area contributed by atoms with Crippen LogP contribution in [-0.4, -0.2) is 17.2 Å². The van der Waals surface area contributed by atoms with Crippen molar-refractivity contribution in [1.29, 1.82) is 0 Å². The summed E-state index contributed by atoms with van der Waals surface area (Å²) in [7, 11) is 0. The monoisotopic (exact) mass is 568 g/mol. The average molecular weight is 569 g/mol. The highest BCUT2D eigenvalue weighted by Gasteiger charge is 2.07. The van der Waals surface area contributed by atoms with Crippen molar-refractivity contribution in [3.05, 3.63) is 48.1 Å². The number of benzene rings is 2. The molecule has 0 spiro atoms.